The average Bonchev–Trinajstić information content (AvgIpc) is 2.82. The Kier molecular flexibility index (Phi) is 6.10. The van der Waals surface area contributed by atoms with Gasteiger partial charge in [-0.15, -0.1) is 0 Å². The van der Waals surface area contributed by atoms with Gasteiger partial charge in [0, 0.05) is 19.0 Å². The van der Waals surface area contributed by atoms with Crippen molar-refractivity contribution in [3.8, 4) is 5.75 Å². The van der Waals surface area contributed by atoms with Gasteiger partial charge in [0.2, 0.25) is 5.91 Å². The Labute approximate surface area is 158 Å². The molecule has 0 radical (unpaired) electrons. The van der Waals surface area contributed by atoms with E-state index in [9.17, 15) is 23.2 Å². The number of benzene rings is 1. The molecule has 9 heteroatoms. The fourth-order valence-electron chi connectivity index (χ4n) is 2.70. The first-order valence-electron chi connectivity index (χ1n) is 8.52. The number of amides is 3. The lowest BCUT2D eigenvalue weighted by Gasteiger charge is -2.24. The highest BCUT2D eigenvalue weighted by Gasteiger charge is 2.35. The summed E-state index contributed by atoms with van der Waals surface area (Å²) < 4.78 is 28.6. The van der Waals surface area contributed by atoms with Crippen LogP contribution in [0.2, 0.25) is 0 Å². The molecule has 6 nitrogen and oxygen atoms in total. The van der Waals surface area contributed by atoms with Crippen LogP contribution in [0.1, 0.15) is 24.8 Å². The molecule has 1 aromatic rings. The minimum absolute atomic E-state index is 0.0115. The number of imide groups is 1. The third-order valence-corrected chi connectivity index (χ3v) is 5.29. The van der Waals surface area contributed by atoms with Crippen molar-refractivity contribution in [2.45, 2.75) is 25.9 Å². The van der Waals surface area contributed by atoms with E-state index in [0.29, 0.717) is 5.56 Å². The molecule has 0 bridgehead atoms. The second-order valence-corrected chi connectivity index (χ2v) is 7.19. The molecular formula is C18H18F2N2O4S. The highest BCUT2D eigenvalue weighted by molar-refractivity contribution is 8.18. The van der Waals surface area contributed by atoms with Crippen molar-refractivity contribution < 1.29 is 27.9 Å². The Balaban J connectivity index is 1.56. The van der Waals surface area contributed by atoms with Crippen molar-refractivity contribution in [3.05, 3.63) is 34.7 Å². The highest BCUT2D eigenvalue weighted by atomic mass is 32.2. The van der Waals surface area contributed by atoms with Gasteiger partial charge in [0.25, 0.3) is 11.1 Å². The predicted octanol–water partition coefficient (Wildman–Crippen LogP) is 3.24. The summed E-state index contributed by atoms with van der Waals surface area (Å²) in [6.07, 6.45) is 4.35. The molecule has 0 atom stereocenters. The lowest BCUT2D eigenvalue weighted by Crippen LogP contribution is -2.40. The smallest absolute Gasteiger partial charge is 0.387 e. The van der Waals surface area contributed by atoms with Crippen LogP contribution in [0.15, 0.2) is 29.2 Å². The molecule has 1 N–H and O–H groups in total. The van der Waals surface area contributed by atoms with Gasteiger partial charge < -0.3 is 10.1 Å². The number of nitrogens with zero attached hydrogens (tertiary/aromatic N) is 1. The van der Waals surface area contributed by atoms with Crippen LogP contribution in [-0.4, -0.2) is 41.7 Å². The van der Waals surface area contributed by atoms with E-state index in [1.54, 1.807) is 0 Å². The first kappa shape index (κ1) is 19.3. The number of nitrogens with one attached hydrogen (secondary N) is 1. The number of halogens is 2. The van der Waals surface area contributed by atoms with E-state index < -0.39 is 17.8 Å². The first-order chi connectivity index (χ1) is 12.9. The second-order valence-electron chi connectivity index (χ2n) is 6.20. The van der Waals surface area contributed by atoms with Crippen molar-refractivity contribution in [2.24, 2.45) is 5.92 Å². The number of hydrogen-bond donors (Lipinski definition) is 1. The zero-order valence-corrected chi connectivity index (χ0v) is 15.1. The normalized spacial score (nSPS) is 18.9. The van der Waals surface area contributed by atoms with Crippen LogP contribution in [0.25, 0.3) is 6.08 Å². The molecule has 27 heavy (non-hydrogen) atoms. The maximum atomic E-state index is 12.4. The molecule has 1 aliphatic heterocycles. The number of carbonyl (C=O) groups is 3. The zero-order chi connectivity index (χ0) is 19.4. The van der Waals surface area contributed by atoms with Gasteiger partial charge in [-0.05, 0) is 48.4 Å². The monoisotopic (exact) mass is 396 g/mol. The van der Waals surface area contributed by atoms with E-state index >= 15 is 0 Å². The summed E-state index contributed by atoms with van der Waals surface area (Å²) in [6, 6.07) is 5.76. The van der Waals surface area contributed by atoms with E-state index in [1.165, 1.54) is 30.3 Å². The van der Waals surface area contributed by atoms with Crippen LogP contribution in [0.5, 0.6) is 5.75 Å². The molecule has 2 fully saturated rings. The average molecular weight is 396 g/mol. The zero-order valence-electron chi connectivity index (χ0n) is 14.3. The molecule has 1 aliphatic carbocycles. The third kappa shape index (κ3) is 4.85. The minimum Gasteiger partial charge on any atom is -0.435 e. The van der Waals surface area contributed by atoms with Gasteiger partial charge in [0.15, 0.2) is 0 Å². The highest BCUT2D eigenvalue weighted by Crippen LogP contribution is 2.32. The predicted molar refractivity (Wildman–Crippen MR) is 96.1 cm³/mol. The van der Waals surface area contributed by atoms with E-state index in [0.717, 1.165) is 35.9 Å². The van der Waals surface area contributed by atoms with Crippen LogP contribution in [0.4, 0.5) is 13.6 Å². The first-order valence-corrected chi connectivity index (χ1v) is 9.33. The second kappa shape index (κ2) is 8.51. The number of thioether (sulfide) groups is 1. The molecule has 0 spiro atoms. The van der Waals surface area contributed by atoms with Crippen LogP contribution >= 0.6 is 11.8 Å². The lowest BCUT2D eigenvalue weighted by atomic mass is 9.85. The van der Waals surface area contributed by atoms with Crippen LogP contribution in [0, 0.1) is 5.92 Å². The van der Waals surface area contributed by atoms with Crippen LogP contribution in [0.3, 0.4) is 0 Å². The van der Waals surface area contributed by atoms with Crippen molar-refractivity contribution >= 4 is 34.9 Å². The molecule has 1 saturated heterocycles. The van der Waals surface area contributed by atoms with E-state index in [1.807, 2.05) is 0 Å². The van der Waals surface area contributed by atoms with E-state index in [-0.39, 0.29) is 35.6 Å². The molecule has 0 aromatic heterocycles. The molecule has 144 valence electrons. The number of ether oxygens (including phenoxy) is 1. The molecule has 3 rings (SSSR count). The molecule has 1 heterocycles. The van der Waals surface area contributed by atoms with Crippen LogP contribution < -0.4 is 10.1 Å². The Hall–Kier alpha value is -2.42. The molecule has 2 aliphatic rings. The number of alkyl halides is 2. The Bertz CT molecular complexity index is 763. The number of carbonyl (C=O) groups excluding carboxylic acids is 3. The van der Waals surface area contributed by atoms with Gasteiger partial charge in [0.1, 0.15) is 5.75 Å². The quantitative estimate of drug-likeness (QED) is 0.716. The summed E-state index contributed by atoms with van der Waals surface area (Å²) in [5, 5.41) is 2.35. The molecule has 1 aromatic carbocycles. The SMILES string of the molecule is O=C(NCCN1C(=O)S/C(=C\c2ccc(OC(F)F)cc2)C1=O)C1CCC1. The van der Waals surface area contributed by atoms with Gasteiger partial charge >= 0.3 is 6.61 Å². The molecule has 0 unspecified atom stereocenters. The van der Waals surface area contributed by atoms with Gasteiger partial charge in [-0.2, -0.15) is 8.78 Å². The van der Waals surface area contributed by atoms with Crippen molar-refractivity contribution in [3.63, 3.8) is 0 Å². The standard InChI is InChI=1S/C18H18F2N2O4S/c19-17(20)26-13-6-4-11(5-7-13)10-14-16(24)22(18(25)27-14)9-8-21-15(23)12-2-1-3-12/h4-7,10,12,17H,1-3,8-9H2,(H,21,23)/b14-10-. The fourth-order valence-corrected chi connectivity index (χ4v) is 3.56. The largest absolute Gasteiger partial charge is 0.435 e. The Morgan fingerprint density at radius 1 is 1.30 bits per heavy atom. The number of hydrogen-bond acceptors (Lipinski definition) is 5. The maximum absolute atomic E-state index is 12.4. The summed E-state index contributed by atoms with van der Waals surface area (Å²) in [5.74, 6) is -0.403. The molecular weight excluding hydrogens is 378 g/mol. The van der Waals surface area contributed by atoms with E-state index in [4.69, 9.17) is 0 Å². The molecule has 3 amide bonds. The lowest BCUT2D eigenvalue weighted by molar-refractivity contribution is -0.128. The van der Waals surface area contributed by atoms with Gasteiger partial charge in [0.05, 0.1) is 4.91 Å². The Morgan fingerprint density at radius 3 is 2.59 bits per heavy atom. The summed E-state index contributed by atoms with van der Waals surface area (Å²) in [4.78, 5) is 37.6. The summed E-state index contributed by atoms with van der Waals surface area (Å²) in [5.41, 5.74) is 0.584. The summed E-state index contributed by atoms with van der Waals surface area (Å²) in [6.45, 7) is -2.57. The number of rotatable bonds is 7. The summed E-state index contributed by atoms with van der Waals surface area (Å²) in [7, 11) is 0. The summed E-state index contributed by atoms with van der Waals surface area (Å²) >= 11 is 0.807. The Morgan fingerprint density at radius 2 is 2.00 bits per heavy atom. The maximum Gasteiger partial charge on any atom is 0.387 e. The van der Waals surface area contributed by atoms with E-state index in [2.05, 4.69) is 10.1 Å². The van der Waals surface area contributed by atoms with Crippen molar-refractivity contribution in [1.29, 1.82) is 0 Å². The van der Waals surface area contributed by atoms with Crippen molar-refractivity contribution in [1.82, 2.24) is 10.2 Å². The topological polar surface area (TPSA) is 75.7 Å². The van der Waals surface area contributed by atoms with Gasteiger partial charge in [-0.1, -0.05) is 18.6 Å². The van der Waals surface area contributed by atoms with Gasteiger partial charge in [-0.3, -0.25) is 19.3 Å². The van der Waals surface area contributed by atoms with Crippen LogP contribution in [-0.2, 0) is 9.59 Å². The minimum atomic E-state index is -2.91. The third-order valence-electron chi connectivity index (χ3n) is 4.39. The van der Waals surface area contributed by atoms with Gasteiger partial charge in [-0.25, -0.2) is 0 Å². The fraction of sp³-hybridized carbons (Fsp3) is 0.389. The molecule has 1 saturated carbocycles. The van der Waals surface area contributed by atoms with Crippen molar-refractivity contribution in [2.75, 3.05) is 13.1 Å².